The van der Waals surface area contributed by atoms with Crippen LogP contribution < -0.4 is 5.32 Å². The molecule has 0 aromatic carbocycles. The molecule has 0 bridgehead atoms. The molecule has 0 unspecified atom stereocenters. The number of nitrogens with zero attached hydrogens (tertiary/aromatic N) is 4. The highest BCUT2D eigenvalue weighted by atomic mass is 16.5. The number of anilines is 1. The Morgan fingerprint density at radius 1 is 1.37 bits per heavy atom. The Labute approximate surface area is 109 Å². The molecule has 2 aromatic heterocycles. The largest absolute Gasteiger partial charge is 0.408 e. The van der Waals surface area contributed by atoms with Gasteiger partial charge in [0.05, 0.1) is 0 Å². The molecule has 0 spiro atoms. The first-order valence-corrected chi connectivity index (χ1v) is 6.29. The van der Waals surface area contributed by atoms with Gasteiger partial charge in [-0.05, 0) is 12.8 Å². The number of hydrogen-bond acceptors (Lipinski definition) is 8. The molecule has 3 rings (SSSR count). The van der Waals surface area contributed by atoms with Gasteiger partial charge in [0.1, 0.15) is 6.10 Å². The van der Waals surface area contributed by atoms with E-state index in [4.69, 9.17) is 13.7 Å². The third kappa shape index (κ3) is 2.90. The number of nitrogens with one attached hydrogen (secondary N) is 1. The summed E-state index contributed by atoms with van der Waals surface area (Å²) in [4.78, 5) is 4.32. The van der Waals surface area contributed by atoms with E-state index in [2.05, 4.69) is 25.7 Å². The van der Waals surface area contributed by atoms with E-state index in [0.717, 1.165) is 19.4 Å². The fraction of sp³-hybridized carbons (Fsp3) is 0.636. The molecule has 0 radical (unpaired) electrons. The summed E-state index contributed by atoms with van der Waals surface area (Å²) in [6.45, 7) is 3.11. The fourth-order valence-corrected chi connectivity index (χ4v) is 1.92. The van der Waals surface area contributed by atoms with E-state index in [-0.39, 0.29) is 6.10 Å². The number of hydrogen-bond donors (Lipinski definition) is 1. The maximum atomic E-state index is 5.48. The zero-order valence-corrected chi connectivity index (χ0v) is 10.6. The summed E-state index contributed by atoms with van der Waals surface area (Å²) in [6.07, 6.45) is 2.58. The molecule has 1 atom stereocenters. The Balaban J connectivity index is 1.50. The van der Waals surface area contributed by atoms with Gasteiger partial charge in [-0.25, -0.2) is 0 Å². The predicted molar refractivity (Wildman–Crippen MR) is 63.5 cm³/mol. The maximum Gasteiger partial charge on any atom is 0.315 e. The van der Waals surface area contributed by atoms with Gasteiger partial charge in [0.15, 0.2) is 5.82 Å². The average molecular weight is 265 g/mol. The summed E-state index contributed by atoms with van der Waals surface area (Å²) in [5.74, 6) is 1.75. The Hall–Kier alpha value is -1.96. The molecule has 8 heteroatoms. The molecule has 1 saturated heterocycles. The summed E-state index contributed by atoms with van der Waals surface area (Å²) < 4.78 is 15.9. The zero-order valence-electron chi connectivity index (χ0n) is 10.6. The summed E-state index contributed by atoms with van der Waals surface area (Å²) in [5, 5.41) is 14.5. The van der Waals surface area contributed by atoms with Crippen LogP contribution in [-0.4, -0.2) is 33.5 Å². The van der Waals surface area contributed by atoms with E-state index >= 15 is 0 Å². The number of aryl methyl sites for hydroxylation is 1. The first-order valence-electron chi connectivity index (χ1n) is 6.29. The highest BCUT2D eigenvalue weighted by Crippen LogP contribution is 2.26. The van der Waals surface area contributed by atoms with E-state index in [1.54, 1.807) is 6.92 Å². The van der Waals surface area contributed by atoms with Gasteiger partial charge in [0, 0.05) is 26.5 Å². The van der Waals surface area contributed by atoms with Crippen molar-refractivity contribution in [3.63, 3.8) is 0 Å². The fourth-order valence-electron chi connectivity index (χ4n) is 1.92. The maximum absolute atomic E-state index is 5.48. The van der Waals surface area contributed by atoms with Crippen molar-refractivity contribution in [2.75, 3.05) is 18.5 Å². The van der Waals surface area contributed by atoms with Crippen LogP contribution in [0, 0.1) is 6.92 Å². The minimum absolute atomic E-state index is 0.0344. The highest BCUT2D eigenvalue weighted by molar-refractivity contribution is 5.16. The molecule has 2 aromatic rings. The quantitative estimate of drug-likeness (QED) is 0.862. The van der Waals surface area contributed by atoms with Crippen LogP contribution in [0.4, 0.5) is 6.01 Å². The second-order valence-corrected chi connectivity index (χ2v) is 4.35. The van der Waals surface area contributed by atoms with Crippen LogP contribution >= 0.6 is 0 Å². The molecule has 3 heterocycles. The van der Waals surface area contributed by atoms with Gasteiger partial charge in [-0.2, -0.15) is 4.98 Å². The van der Waals surface area contributed by atoms with E-state index < -0.39 is 0 Å². The van der Waals surface area contributed by atoms with Gasteiger partial charge >= 0.3 is 6.01 Å². The van der Waals surface area contributed by atoms with E-state index in [0.29, 0.717) is 36.6 Å². The number of ether oxygens (including phenoxy) is 1. The van der Waals surface area contributed by atoms with Crippen molar-refractivity contribution < 1.29 is 13.7 Å². The average Bonchev–Trinajstić information content (AvgIpc) is 3.09. The minimum atomic E-state index is -0.0344. The first-order chi connectivity index (χ1) is 9.31. The van der Waals surface area contributed by atoms with Crippen LogP contribution in [0.5, 0.6) is 0 Å². The lowest BCUT2D eigenvalue weighted by molar-refractivity contribution is 0.0835. The lowest BCUT2D eigenvalue weighted by Crippen LogP contribution is -2.06. The Bertz CT molecular complexity index is 532. The van der Waals surface area contributed by atoms with Crippen molar-refractivity contribution in [3.8, 4) is 0 Å². The second-order valence-electron chi connectivity index (χ2n) is 4.35. The van der Waals surface area contributed by atoms with Gasteiger partial charge < -0.3 is 19.0 Å². The summed E-state index contributed by atoms with van der Waals surface area (Å²) in [7, 11) is 0. The number of rotatable bonds is 5. The molecule has 102 valence electrons. The zero-order chi connectivity index (χ0) is 13.1. The number of aromatic nitrogens is 4. The van der Waals surface area contributed by atoms with Gasteiger partial charge in [0.2, 0.25) is 5.89 Å². The third-order valence-electron chi connectivity index (χ3n) is 2.84. The van der Waals surface area contributed by atoms with Crippen molar-refractivity contribution in [1.82, 2.24) is 20.3 Å². The Kier molecular flexibility index (Phi) is 3.41. The van der Waals surface area contributed by atoms with Gasteiger partial charge in [0.25, 0.3) is 5.89 Å². The van der Waals surface area contributed by atoms with Crippen LogP contribution in [0.15, 0.2) is 8.94 Å². The molecule has 19 heavy (non-hydrogen) atoms. The molecular formula is C11H15N5O3. The Morgan fingerprint density at radius 2 is 2.32 bits per heavy atom. The standard InChI is InChI=1S/C11H15N5O3/c1-7-14-15-11(18-7)12-5-4-9-13-10(19-16-9)8-3-2-6-17-8/h8H,2-6H2,1H3,(H,12,15)/t8-/m1/s1. The van der Waals surface area contributed by atoms with Crippen molar-refractivity contribution in [2.45, 2.75) is 32.3 Å². The summed E-state index contributed by atoms with van der Waals surface area (Å²) in [5.41, 5.74) is 0. The minimum Gasteiger partial charge on any atom is -0.408 e. The topological polar surface area (TPSA) is 99.1 Å². The first kappa shape index (κ1) is 12.1. The lowest BCUT2D eigenvalue weighted by Gasteiger charge is -2.00. The van der Waals surface area contributed by atoms with Crippen LogP contribution in [0.3, 0.4) is 0 Å². The van der Waals surface area contributed by atoms with E-state index in [9.17, 15) is 0 Å². The highest BCUT2D eigenvalue weighted by Gasteiger charge is 2.23. The molecule has 8 nitrogen and oxygen atoms in total. The molecule has 1 aliphatic rings. The summed E-state index contributed by atoms with van der Waals surface area (Å²) >= 11 is 0. The monoisotopic (exact) mass is 265 g/mol. The molecule has 0 aliphatic carbocycles. The van der Waals surface area contributed by atoms with Crippen molar-refractivity contribution in [2.24, 2.45) is 0 Å². The second kappa shape index (κ2) is 5.35. The van der Waals surface area contributed by atoms with Crippen LogP contribution in [-0.2, 0) is 11.2 Å². The van der Waals surface area contributed by atoms with Crippen molar-refractivity contribution >= 4 is 6.01 Å². The van der Waals surface area contributed by atoms with E-state index in [1.165, 1.54) is 0 Å². The third-order valence-corrected chi connectivity index (χ3v) is 2.84. The SMILES string of the molecule is Cc1nnc(NCCc2noc([C@H]3CCCO3)n2)o1. The van der Waals surface area contributed by atoms with Gasteiger partial charge in [-0.1, -0.05) is 10.3 Å². The molecular weight excluding hydrogens is 250 g/mol. The van der Waals surface area contributed by atoms with Crippen molar-refractivity contribution in [3.05, 3.63) is 17.6 Å². The molecule has 1 aliphatic heterocycles. The normalized spacial score (nSPS) is 18.9. The molecule has 0 amide bonds. The molecule has 1 N–H and O–H groups in total. The van der Waals surface area contributed by atoms with Gasteiger partial charge in [-0.15, -0.1) is 5.10 Å². The smallest absolute Gasteiger partial charge is 0.315 e. The van der Waals surface area contributed by atoms with Crippen LogP contribution in [0.2, 0.25) is 0 Å². The van der Waals surface area contributed by atoms with Crippen molar-refractivity contribution in [1.29, 1.82) is 0 Å². The van der Waals surface area contributed by atoms with Crippen LogP contribution in [0.25, 0.3) is 0 Å². The lowest BCUT2D eigenvalue weighted by atomic mass is 10.2. The predicted octanol–water partition coefficient (Wildman–Crippen LogP) is 1.27. The van der Waals surface area contributed by atoms with Gasteiger partial charge in [-0.3, -0.25) is 0 Å². The molecule has 0 saturated carbocycles. The summed E-state index contributed by atoms with van der Waals surface area (Å²) in [6, 6.07) is 0.403. The van der Waals surface area contributed by atoms with E-state index in [1.807, 2.05) is 0 Å². The Morgan fingerprint density at radius 3 is 3.05 bits per heavy atom. The van der Waals surface area contributed by atoms with Crippen LogP contribution in [0.1, 0.15) is 36.6 Å². The molecule has 1 fully saturated rings.